The minimum absolute atomic E-state index is 0.103. The standard InChI is InChI=1S/C16H18ClN5O5S/c1-16(2)4-6(17)10(14(25)26)22-11(16)9(13(22)24)20-12(23)8(21-27-3)7-5-28-15(18)19-7/h5,9,11H,4H2,1-3H3,(H2,18,19)(H,20,23)(H,25,26). The van der Waals surface area contributed by atoms with E-state index in [9.17, 15) is 19.5 Å². The average Bonchev–Trinajstić information content (AvgIpc) is 3.02. The Labute approximate surface area is 169 Å². The number of aliphatic carboxylic acids is 1. The summed E-state index contributed by atoms with van der Waals surface area (Å²) < 4.78 is 0. The Balaban J connectivity index is 1.87. The molecular formula is C16H18ClN5O5S. The third-order valence-electron chi connectivity index (χ3n) is 4.66. The summed E-state index contributed by atoms with van der Waals surface area (Å²) in [6.45, 7) is 3.70. The third kappa shape index (κ3) is 3.20. The van der Waals surface area contributed by atoms with Crippen molar-refractivity contribution in [2.24, 2.45) is 10.6 Å². The quantitative estimate of drug-likeness (QED) is 0.356. The summed E-state index contributed by atoms with van der Waals surface area (Å²) in [6, 6.07) is -1.50. The highest BCUT2D eigenvalue weighted by molar-refractivity contribution is 7.13. The second-order valence-corrected chi connectivity index (χ2v) is 8.37. The van der Waals surface area contributed by atoms with Crippen LogP contribution in [0.2, 0.25) is 0 Å². The largest absolute Gasteiger partial charge is 0.477 e. The molecule has 1 saturated heterocycles. The number of nitrogens with two attached hydrogens (primary N) is 1. The summed E-state index contributed by atoms with van der Waals surface area (Å²) in [6.07, 6.45) is 0.263. The highest BCUT2D eigenvalue weighted by Crippen LogP contribution is 2.48. The van der Waals surface area contributed by atoms with Crippen LogP contribution in [0.3, 0.4) is 0 Å². The first-order valence-corrected chi connectivity index (χ1v) is 9.42. The van der Waals surface area contributed by atoms with Crippen molar-refractivity contribution in [3.63, 3.8) is 0 Å². The smallest absolute Gasteiger partial charge is 0.353 e. The van der Waals surface area contributed by atoms with Crippen LogP contribution in [0.5, 0.6) is 0 Å². The van der Waals surface area contributed by atoms with Crippen LogP contribution in [-0.2, 0) is 19.2 Å². The number of oxime groups is 1. The van der Waals surface area contributed by atoms with Gasteiger partial charge in [0.1, 0.15) is 24.5 Å². The lowest BCUT2D eigenvalue weighted by Crippen LogP contribution is -2.76. The number of β-lactam (4-membered cyclic amide) rings is 1. The monoisotopic (exact) mass is 427 g/mol. The number of allylic oxidation sites excluding steroid dienone is 1. The maximum absolute atomic E-state index is 12.7. The van der Waals surface area contributed by atoms with Gasteiger partial charge in [-0.25, -0.2) is 9.78 Å². The number of nitrogen functional groups attached to an aromatic ring is 1. The van der Waals surface area contributed by atoms with E-state index in [1.54, 1.807) is 0 Å². The Morgan fingerprint density at radius 3 is 2.75 bits per heavy atom. The molecule has 28 heavy (non-hydrogen) atoms. The SMILES string of the molecule is CON=C(C(=O)NC1C(=O)N2C(C(=O)O)=C(Cl)CC(C)(C)C12)c1csc(N)n1. The van der Waals surface area contributed by atoms with E-state index in [1.807, 2.05) is 13.8 Å². The van der Waals surface area contributed by atoms with E-state index in [2.05, 4.69) is 15.5 Å². The van der Waals surface area contributed by atoms with Crippen LogP contribution in [0.15, 0.2) is 21.3 Å². The van der Waals surface area contributed by atoms with Crippen LogP contribution in [0.1, 0.15) is 26.0 Å². The molecule has 1 aromatic rings. The molecule has 1 aromatic heterocycles. The van der Waals surface area contributed by atoms with Crippen LogP contribution in [0.25, 0.3) is 0 Å². The van der Waals surface area contributed by atoms with Crippen molar-refractivity contribution < 1.29 is 24.3 Å². The second kappa shape index (κ2) is 7.06. The van der Waals surface area contributed by atoms with Crippen molar-refractivity contribution in [2.45, 2.75) is 32.4 Å². The number of anilines is 1. The molecule has 1 fully saturated rings. The van der Waals surface area contributed by atoms with Gasteiger partial charge in [-0.1, -0.05) is 30.6 Å². The molecule has 0 radical (unpaired) electrons. The summed E-state index contributed by atoms with van der Waals surface area (Å²) in [7, 11) is 1.27. The van der Waals surface area contributed by atoms with E-state index >= 15 is 0 Å². The van der Waals surface area contributed by atoms with Gasteiger partial charge in [0.05, 0.1) is 6.04 Å². The van der Waals surface area contributed by atoms with Crippen molar-refractivity contribution in [1.82, 2.24) is 15.2 Å². The number of aromatic nitrogens is 1. The summed E-state index contributed by atoms with van der Waals surface area (Å²) in [4.78, 5) is 46.8. The summed E-state index contributed by atoms with van der Waals surface area (Å²) >= 11 is 7.24. The lowest BCUT2D eigenvalue weighted by molar-refractivity contribution is -0.162. The Morgan fingerprint density at radius 1 is 1.54 bits per heavy atom. The fourth-order valence-corrected chi connectivity index (χ4v) is 4.58. The number of carboxylic acid groups (broad SMARTS) is 1. The zero-order chi connectivity index (χ0) is 20.8. The first-order chi connectivity index (χ1) is 13.1. The number of hydrogen-bond donors (Lipinski definition) is 3. The van der Waals surface area contributed by atoms with E-state index in [0.717, 1.165) is 16.2 Å². The van der Waals surface area contributed by atoms with Gasteiger partial charge in [-0.15, -0.1) is 11.3 Å². The van der Waals surface area contributed by atoms with Gasteiger partial charge in [0.25, 0.3) is 11.8 Å². The molecular weight excluding hydrogens is 410 g/mol. The maximum atomic E-state index is 12.7. The van der Waals surface area contributed by atoms with Crippen molar-refractivity contribution >= 4 is 51.6 Å². The minimum atomic E-state index is -1.29. The minimum Gasteiger partial charge on any atom is -0.477 e. The Bertz CT molecular complexity index is 924. The molecule has 3 rings (SSSR count). The maximum Gasteiger partial charge on any atom is 0.353 e. The van der Waals surface area contributed by atoms with Crippen LogP contribution >= 0.6 is 22.9 Å². The fraction of sp³-hybridized carbons (Fsp3) is 0.438. The number of thiazole rings is 1. The first-order valence-electron chi connectivity index (χ1n) is 8.17. The van der Waals surface area contributed by atoms with Gasteiger partial charge in [-0.2, -0.15) is 0 Å². The fourth-order valence-electron chi connectivity index (χ4n) is 3.52. The average molecular weight is 428 g/mol. The molecule has 0 aromatic carbocycles. The summed E-state index contributed by atoms with van der Waals surface area (Å²) in [5.74, 6) is -2.53. The Morgan fingerprint density at radius 2 is 2.21 bits per heavy atom. The van der Waals surface area contributed by atoms with Crippen molar-refractivity contribution in [3.05, 3.63) is 21.8 Å². The van der Waals surface area contributed by atoms with E-state index in [0.29, 0.717) is 0 Å². The van der Waals surface area contributed by atoms with E-state index in [1.165, 1.54) is 12.5 Å². The molecule has 2 atom stereocenters. The van der Waals surface area contributed by atoms with Gasteiger partial charge in [0.2, 0.25) is 0 Å². The van der Waals surface area contributed by atoms with Gasteiger partial charge in [-0.3, -0.25) is 14.5 Å². The zero-order valence-corrected chi connectivity index (χ0v) is 16.8. The van der Waals surface area contributed by atoms with E-state index in [4.69, 9.17) is 22.2 Å². The molecule has 2 aliphatic heterocycles. The number of nitrogens with zero attached hydrogens (tertiary/aromatic N) is 3. The van der Waals surface area contributed by atoms with E-state index in [-0.39, 0.29) is 33.7 Å². The number of nitrogens with one attached hydrogen (secondary N) is 1. The summed E-state index contributed by atoms with van der Waals surface area (Å²) in [5.41, 5.74) is 4.87. The predicted molar refractivity (Wildman–Crippen MR) is 102 cm³/mol. The van der Waals surface area contributed by atoms with Gasteiger partial charge >= 0.3 is 5.97 Å². The van der Waals surface area contributed by atoms with Crippen molar-refractivity contribution in [3.8, 4) is 0 Å². The van der Waals surface area contributed by atoms with Crippen LogP contribution < -0.4 is 11.1 Å². The number of carbonyl (C=O) groups excluding carboxylic acids is 2. The number of fused-ring (bicyclic) bond motifs is 1. The number of carbonyl (C=O) groups is 3. The molecule has 4 N–H and O–H groups in total. The molecule has 12 heteroatoms. The number of rotatable bonds is 5. The molecule has 150 valence electrons. The molecule has 0 saturated carbocycles. The normalized spacial score (nSPS) is 23.8. The van der Waals surface area contributed by atoms with E-state index < -0.39 is 35.3 Å². The second-order valence-electron chi connectivity index (χ2n) is 7.02. The Kier molecular flexibility index (Phi) is 5.06. The number of halogens is 1. The molecule has 0 bridgehead atoms. The van der Waals surface area contributed by atoms with Gasteiger partial charge in [-0.05, 0) is 11.8 Å². The first kappa shape index (κ1) is 20.1. The molecule has 2 unspecified atom stereocenters. The third-order valence-corrected chi connectivity index (χ3v) is 5.64. The lowest BCUT2D eigenvalue weighted by Gasteiger charge is -2.56. The number of carboxylic acids is 1. The molecule has 3 heterocycles. The van der Waals surface area contributed by atoms with Crippen molar-refractivity contribution in [2.75, 3.05) is 12.8 Å². The number of hydrogen-bond acceptors (Lipinski definition) is 8. The van der Waals surface area contributed by atoms with Crippen LogP contribution in [-0.4, -0.2) is 57.7 Å². The van der Waals surface area contributed by atoms with Crippen LogP contribution in [0.4, 0.5) is 5.13 Å². The van der Waals surface area contributed by atoms with Gasteiger partial charge < -0.3 is 21.0 Å². The molecule has 2 aliphatic rings. The topological polar surface area (TPSA) is 147 Å². The lowest BCUT2D eigenvalue weighted by atomic mass is 9.69. The highest BCUT2D eigenvalue weighted by Gasteiger charge is 2.60. The van der Waals surface area contributed by atoms with Gasteiger partial charge in [0.15, 0.2) is 10.8 Å². The molecule has 0 aliphatic carbocycles. The van der Waals surface area contributed by atoms with Crippen molar-refractivity contribution in [1.29, 1.82) is 0 Å². The molecule has 2 amide bonds. The molecule has 0 spiro atoms. The highest BCUT2D eigenvalue weighted by atomic mass is 35.5. The zero-order valence-electron chi connectivity index (χ0n) is 15.2. The Hall–Kier alpha value is -2.66. The predicted octanol–water partition coefficient (Wildman–Crippen LogP) is 0.736. The summed E-state index contributed by atoms with van der Waals surface area (Å²) in [5, 5.41) is 17.6. The molecule has 10 nitrogen and oxygen atoms in total. The van der Waals surface area contributed by atoms with Crippen LogP contribution in [0, 0.1) is 5.41 Å². The number of amides is 2. The van der Waals surface area contributed by atoms with Gasteiger partial charge in [0, 0.05) is 10.4 Å².